The van der Waals surface area contributed by atoms with Crippen molar-refractivity contribution in [1.82, 2.24) is 20.1 Å². The zero-order chi connectivity index (χ0) is 19.1. The van der Waals surface area contributed by atoms with Crippen LogP contribution in [0.2, 0.25) is 0 Å². The monoisotopic (exact) mass is 376 g/mol. The Morgan fingerprint density at radius 2 is 1.96 bits per heavy atom. The van der Waals surface area contributed by atoms with E-state index in [1.807, 2.05) is 6.92 Å². The van der Waals surface area contributed by atoms with E-state index in [1.165, 1.54) is 17.3 Å². The van der Waals surface area contributed by atoms with E-state index in [1.54, 1.807) is 4.57 Å². The normalized spacial score (nSPS) is 12.3. The van der Waals surface area contributed by atoms with Crippen molar-refractivity contribution in [3.05, 3.63) is 45.9 Å². The molecule has 0 fully saturated rings. The van der Waals surface area contributed by atoms with Gasteiger partial charge in [0.25, 0.3) is 0 Å². The summed E-state index contributed by atoms with van der Waals surface area (Å²) in [6.07, 6.45) is 1.83. The van der Waals surface area contributed by atoms with Crippen molar-refractivity contribution in [3.63, 3.8) is 0 Å². The highest BCUT2D eigenvalue weighted by Crippen LogP contribution is 2.23. The highest BCUT2D eigenvalue weighted by molar-refractivity contribution is 7.99. The predicted molar refractivity (Wildman–Crippen MR) is 105 cm³/mol. The second-order valence-corrected chi connectivity index (χ2v) is 7.58. The van der Waals surface area contributed by atoms with E-state index < -0.39 is 0 Å². The summed E-state index contributed by atoms with van der Waals surface area (Å²) < 4.78 is 1.57. The van der Waals surface area contributed by atoms with Crippen molar-refractivity contribution in [2.45, 2.75) is 58.3 Å². The fourth-order valence-electron chi connectivity index (χ4n) is 2.77. The fourth-order valence-corrected chi connectivity index (χ4v) is 3.56. The third-order valence-corrected chi connectivity index (χ3v) is 5.21. The van der Waals surface area contributed by atoms with Crippen LogP contribution >= 0.6 is 11.8 Å². The molecule has 142 valence electrons. The van der Waals surface area contributed by atoms with E-state index in [2.05, 4.69) is 60.6 Å². The van der Waals surface area contributed by atoms with Crippen LogP contribution in [0.1, 0.15) is 51.3 Å². The van der Waals surface area contributed by atoms with E-state index >= 15 is 0 Å². The average molecular weight is 377 g/mol. The van der Waals surface area contributed by atoms with Gasteiger partial charge in [-0.15, -0.1) is 5.10 Å². The number of H-pyrrole nitrogens is 1. The maximum absolute atomic E-state index is 12.4. The Kier molecular flexibility index (Phi) is 7.50. The largest absolute Gasteiger partial charge is 0.348 e. The van der Waals surface area contributed by atoms with E-state index in [4.69, 9.17) is 0 Å². The lowest BCUT2D eigenvalue weighted by atomic mass is 9.95. The van der Waals surface area contributed by atoms with Crippen LogP contribution in [-0.4, -0.2) is 26.4 Å². The summed E-state index contributed by atoms with van der Waals surface area (Å²) in [5.41, 5.74) is 2.16. The molecule has 1 amide bonds. The predicted octanol–water partition coefficient (Wildman–Crippen LogP) is 3.15. The highest BCUT2D eigenvalue weighted by atomic mass is 32.2. The molecule has 7 heteroatoms. The first-order valence-electron chi connectivity index (χ1n) is 9.12. The molecule has 1 heterocycles. The molecule has 2 aromatic rings. The number of nitrogens with one attached hydrogen (secondary N) is 2. The highest BCUT2D eigenvalue weighted by Gasteiger charge is 2.19. The molecule has 0 bridgehead atoms. The van der Waals surface area contributed by atoms with E-state index in [0.717, 1.165) is 18.4 Å². The number of aromatic nitrogens is 3. The minimum atomic E-state index is -0.231. The molecule has 0 unspecified atom stereocenters. The minimum absolute atomic E-state index is 0.0361. The number of aromatic amines is 1. The minimum Gasteiger partial charge on any atom is -0.348 e. The number of hydrogen-bond donors (Lipinski definition) is 2. The molecule has 0 radical (unpaired) electrons. The van der Waals surface area contributed by atoms with Gasteiger partial charge in [-0.3, -0.25) is 9.36 Å². The van der Waals surface area contributed by atoms with Crippen LogP contribution in [0.5, 0.6) is 0 Å². The van der Waals surface area contributed by atoms with E-state index in [-0.39, 0.29) is 29.3 Å². The Labute approximate surface area is 158 Å². The summed E-state index contributed by atoms with van der Waals surface area (Å²) in [7, 11) is 0. The Hall–Kier alpha value is -2.02. The van der Waals surface area contributed by atoms with Crippen molar-refractivity contribution < 1.29 is 4.79 Å². The van der Waals surface area contributed by atoms with E-state index in [0.29, 0.717) is 11.7 Å². The third kappa shape index (κ3) is 5.24. The second-order valence-electron chi connectivity index (χ2n) is 6.64. The number of nitrogens with zero attached hydrogens (tertiary/aromatic N) is 2. The zero-order valence-corrected chi connectivity index (χ0v) is 16.7. The van der Waals surface area contributed by atoms with Gasteiger partial charge in [0.05, 0.1) is 11.8 Å². The molecule has 0 saturated carbocycles. The Morgan fingerprint density at radius 3 is 2.54 bits per heavy atom. The standard InChI is InChI=1S/C19H28N4O2S/c1-5-11-23-18(25)21-22-19(23)26-12-16(24)20-17(13(3)4)15-9-7-14(6-2)8-10-15/h7-10,13,17H,5-6,11-12H2,1-4H3,(H,20,24)(H,21,25)/t17-/m1/s1. The summed E-state index contributed by atoms with van der Waals surface area (Å²) in [5.74, 6) is 0.441. The molecule has 0 aliphatic carbocycles. The number of carbonyl (C=O) groups excluding carboxylic acids is 1. The number of rotatable bonds is 9. The first-order chi connectivity index (χ1) is 12.5. The van der Waals surface area contributed by atoms with Crippen molar-refractivity contribution >= 4 is 17.7 Å². The average Bonchev–Trinajstić information content (AvgIpc) is 2.98. The van der Waals surface area contributed by atoms with Crippen molar-refractivity contribution in [2.24, 2.45) is 5.92 Å². The molecule has 2 rings (SSSR count). The first-order valence-corrected chi connectivity index (χ1v) is 10.1. The lowest BCUT2D eigenvalue weighted by Gasteiger charge is -2.23. The van der Waals surface area contributed by atoms with Gasteiger partial charge in [0.15, 0.2) is 5.16 Å². The molecule has 1 aromatic carbocycles. The van der Waals surface area contributed by atoms with Crippen molar-refractivity contribution in [2.75, 3.05) is 5.75 Å². The molecule has 0 aliphatic heterocycles. The molecule has 6 nitrogen and oxygen atoms in total. The van der Waals surface area contributed by atoms with Crippen LogP contribution in [0.25, 0.3) is 0 Å². The number of hydrogen-bond acceptors (Lipinski definition) is 4. The van der Waals surface area contributed by atoms with Gasteiger partial charge in [0, 0.05) is 6.54 Å². The van der Waals surface area contributed by atoms with Crippen molar-refractivity contribution in [1.29, 1.82) is 0 Å². The molecule has 0 aliphatic rings. The summed E-state index contributed by atoms with van der Waals surface area (Å²) >= 11 is 1.28. The number of benzene rings is 1. The Bertz CT molecular complexity index is 765. The molecular weight excluding hydrogens is 348 g/mol. The van der Waals surface area contributed by atoms with Crippen LogP contribution in [0.4, 0.5) is 0 Å². The van der Waals surface area contributed by atoms with Gasteiger partial charge in [-0.25, -0.2) is 9.89 Å². The Morgan fingerprint density at radius 1 is 1.27 bits per heavy atom. The van der Waals surface area contributed by atoms with Gasteiger partial charge in [-0.05, 0) is 29.9 Å². The summed E-state index contributed by atoms with van der Waals surface area (Å²) in [6.45, 7) is 8.91. The summed E-state index contributed by atoms with van der Waals surface area (Å²) in [4.78, 5) is 24.2. The molecule has 2 N–H and O–H groups in total. The molecule has 1 atom stereocenters. The van der Waals surface area contributed by atoms with Crippen LogP contribution in [-0.2, 0) is 17.8 Å². The van der Waals surface area contributed by atoms with Crippen LogP contribution in [0.3, 0.4) is 0 Å². The molecule has 1 aromatic heterocycles. The number of thioether (sulfide) groups is 1. The topological polar surface area (TPSA) is 79.8 Å². The lowest BCUT2D eigenvalue weighted by Crippen LogP contribution is -2.33. The fraction of sp³-hybridized carbons (Fsp3) is 0.526. The van der Waals surface area contributed by atoms with Gasteiger partial charge in [-0.2, -0.15) is 0 Å². The van der Waals surface area contributed by atoms with Gasteiger partial charge in [0.1, 0.15) is 0 Å². The smallest absolute Gasteiger partial charge is 0.343 e. The van der Waals surface area contributed by atoms with Crippen molar-refractivity contribution in [3.8, 4) is 0 Å². The first kappa shape index (κ1) is 20.3. The zero-order valence-electron chi connectivity index (χ0n) is 15.9. The van der Waals surface area contributed by atoms with Crippen LogP contribution in [0, 0.1) is 5.92 Å². The summed E-state index contributed by atoms with van der Waals surface area (Å²) in [5, 5.41) is 10.1. The molecule has 0 spiro atoms. The van der Waals surface area contributed by atoms with Gasteiger partial charge in [0.2, 0.25) is 5.91 Å². The maximum Gasteiger partial charge on any atom is 0.343 e. The third-order valence-electron chi connectivity index (χ3n) is 4.23. The lowest BCUT2D eigenvalue weighted by molar-refractivity contribution is -0.119. The molecular formula is C19H28N4O2S. The quantitative estimate of drug-likeness (QED) is 0.659. The Balaban J connectivity index is 2.00. The summed E-state index contributed by atoms with van der Waals surface area (Å²) in [6, 6.07) is 8.36. The van der Waals surface area contributed by atoms with Gasteiger partial charge < -0.3 is 5.32 Å². The number of amides is 1. The van der Waals surface area contributed by atoms with Crippen LogP contribution < -0.4 is 11.0 Å². The van der Waals surface area contributed by atoms with E-state index in [9.17, 15) is 9.59 Å². The number of carbonyl (C=O) groups is 1. The van der Waals surface area contributed by atoms with Gasteiger partial charge in [-0.1, -0.05) is 63.7 Å². The second kappa shape index (κ2) is 9.62. The number of aryl methyl sites for hydroxylation is 1. The molecule has 0 saturated heterocycles. The van der Waals surface area contributed by atoms with Gasteiger partial charge >= 0.3 is 5.69 Å². The van der Waals surface area contributed by atoms with Crippen LogP contribution in [0.15, 0.2) is 34.2 Å². The maximum atomic E-state index is 12.4. The molecule has 26 heavy (non-hydrogen) atoms. The SMILES string of the molecule is CCCn1c(SCC(=O)N[C@@H](c2ccc(CC)cc2)C(C)C)n[nH]c1=O.